The number of hydrogen-bond donors (Lipinski definition) is 0. The molecule has 2 rings (SSSR count). The molecule has 0 atom stereocenters. The minimum Gasteiger partial charge on any atom is -0.205 e. The molecule has 0 amide bonds. The summed E-state index contributed by atoms with van der Waals surface area (Å²) in [7, 11) is 0. The third-order valence-corrected chi connectivity index (χ3v) is 3.40. The van der Waals surface area contributed by atoms with Gasteiger partial charge in [-0.1, -0.05) is 35.9 Å². The van der Waals surface area contributed by atoms with Crippen molar-refractivity contribution in [2.45, 2.75) is 27.7 Å². The summed E-state index contributed by atoms with van der Waals surface area (Å²) >= 11 is 5.61. The summed E-state index contributed by atoms with van der Waals surface area (Å²) in [6.45, 7) is 6.56. The first-order chi connectivity index (χ1) is 9.25. The van der Waals surface area contributed by atoms with Crippen LogP contribution in [0.3, 0.4) is 0 Å². The number of benzene rings is 2. The van der Waals surface area contributed by atoms with Crippen molar-refractivity contribution in [3.8, 4) is 0 Å². The van der Waals surface area contributed by atoms with Crippen molar-refractivity contribution in [1.82, 2.24) is 0 Å². The van der Waals surface area contributed by atoms with E-state index in [1.807, 2.05) is 0 Å². The Balaban J connectivity index is 0.000000200. The van der Waals surface area contributed by atoms with Crippen LogP contribution in [0.4, 0.5) is 13.2 Å². The zero-order chi connectivity index (χ0) is 15.4. The molecule has 0 aliphatic rings. The zero-order valence-corrected chi connectivity index (χ0v) is 12.6. The Morgan fingerprint density at radius 3 is 1.25 bits per heavy atom. The summed E-state index contributed by atoms with van der Waals surface area (Å²) in [6, 6.07) is 6.65. The van der Waals surface area contributed by atoms with Gasteiger partial charge in [0.2, 0.25) is 0 Å². The monoisotopic (exact) mass is 300 g/mol. The van der Waals surface area contributed by atoms with Crippen LogP contribution in [-0.2, 0) is 0 Å². The maximum atomic E-state index is 12.9. The van der Waals surface area contributed by atoms with Crippen LogP contribution in [0.25, 0.3) is 0 Å². The van der Waals surface area contributed by atoms with Gasteiger partial charge in [0.15, 0.2) is 11.6 Å². The first-order valence-electron chi connectivity index (χ1n) is 6.08. The second kappa shape index (κ2) is 6.80. The standard InChI is InChI=1S/C8H8ClF.C8H8F2/c2*1-5-3-4-6(2)8(10)7(5)9/h2*3-4H,1-2H3. The lowest BCUT2D eigenvalue weighted by Crippen LogP contribution is -1.91. The van der Waals surface area contributed by atoms with E-state index >= 15 is 0 Å². The lowest BCUT2D eigenvalue weighted by atomic mass is 10.1. The van der Waals surface area contributed by atoms with E-state index in [-0.39, 0.29) is 10.8 Å². The SMILES string of the molecule is Cc1ccc(C)c(Cl)c1F.Cc1ccc(C)c(F)c1F. The first-order valence-corrected chi connectivity index (χ1v) is 6.46. The number of aryl methyl sites for hydroxylation is 4. The van der Waals surface area contributed by atoms with Crippen LogP contribution >= 0.6 is 11.6 Å². The van der Waals surface area contributed by atoms with Gasteiger partial charge in [-0.25, -0.2) is 13.2 Å². The molecule has 108 valence electrons. The lowest BCUT2D eigenvalue weighted by molar-refractivity contribution is 0.497. The predicted octanol–water partition coefficient (Wildman–Crippen LogP) is 5.68. The van der Waals surface area contributed by atoms with Crippen molar-refractivity contribution in [3.63, 3.8) is 0 Å². The van der Waals surface area contributed by atoms with Crippen LogP contribution in [0.2, 0.25) is 5.02 Å². The Hall–Kier alpha value is -1.48. The van der Waals surface area contributed by atoms with E-state index in [4.69, 9.17) is 11.6 Å². The largest absolute Gasteiger partial charge is 0.205 e. The fraction of sp³-hybridized carbons (Fsp3) is 0.250. The fourth-order valence-corrected chi connectivity index (χ4v) is 1.70. The Kier molecular flexibility index (Phi) is 5.63. The van der Waals surface area contributed by atoms with Gasteiger partial charge in [0.25, 0.3) is 0 Å². The van der Waals surface area contributed by atoms with Crippen molar-refractivity contribution in [1.29, 1.82) is 0 Å². The minimum atomic E-state index is -0.736. The van der Waals surface area contributed by atoms with Crippen molar-refractivity contribution < 1.29 is 13.2 Å². The molecule has 0 N–H and O–H groups in total. The molecule has 0 spiro atoms. The molecule has 0 aromatic heterocycles. The van der Waals surface area contributed by atoms with Crippen molar-refractivity contribution in [3.05, 3.63) is 69.0 Å². The van der Waals surface area contributed by atoms with E-state index in [0.717, 1.165) is 5.56 Å². The average molecular weight is 301 g/mol. The molecule has 0 radical (unpaired) electrons. The van der Waals surface area contributed by atoms with E-state index < -0.39 is 11.6 Å². The van der Waals surface area contributed by atoms with Crippen LogP contribution in [0, 0.1) is 45.1 Å². The molecule has 4 heteroatoms. The molecule has 0 aliphatic heterocycles. The van der Waals surface area contributed by atoms with E-state index in [9.17, 15) is 13.2 Å². The van der Waals surface area contributed by atoms with Crippen molar-refractivity contribution >= 4 is 11.6 Å². The number of halogens is 4. The highest BCUT2D eigenvalue weighted by Gasteiger charge is 2.06. The molecule has 0 saturated heterocycles. The van der Waals surface area contributed by atoms with Crippen molar-refractivity contribution in [2.24, 2.45) is 0 Å². The molecule has 0 unspecified atom stereocenters. The molecule has 0 bridgehead atoms. The maximum absolute atomic E-state index is 12.9. The molecule has 0 fully saturated rings. The molecule has 0 heterocycles. The van der Waals surface area contributed by atoms with Gasteiger partial charge < -0.3 is 0 Å². The highest BCUT2D eigenvalue weighted by Crippen LogP contribution is 2.21. The molecule has 0 aliphatic carbocycles. The maximum Gasteiger partial charge on any atom is 0.161 e. The van der Waals surface area contributed by atoms with Gasteiger partial charge in [0, 0.05) is 0 Å². The second-order valence-corrected chi connectivity index (χ2v) is 5.03. The topological polar surface area (TPSA) is 0 Å². The van der Waals surface area contributed by atoms with Gasteiger partial charge in [-0.3, -0.25) is 0 Å². The van der Waals surface area contributed by atoms with E-state index in [2.05, 4.69) is 0 Å². The van der Waals surface area contributed by atoms with Gasteiger partial charge in [0.1, 0.15) is 5.82 Å². The van der Waals surface area contributed by atoms with Crippen LogP contribution in [0.5, 0.6) is 0 Å². The number of rotatable bonds is 0. The van der Waals surface area contributed by atoms with Gasteiger partial charge in [-0.05, 0) is 49.9 Å². The van der Waals surface area contributed by atoms with E-state index in [1.54, 1.807) is 38.1 Å². The van der Waals surface area contributed by atoms with Gasteiger partial charge in [-0.2, -0.15) is 0 Å². The summed E-state index contributed by atoms with van der Waals surface area (Å²) in [4.78, 5) is 0. The first kappa shape index (κ1) is 16.6. The van der Waals surface area contributed by atoms with Crippen molar-refractivity contribution in [2.75, 3.05) is 0 Å². The second-order valence-electron chi connectivity index (χ2n) is 4.65. The van der Waals surface area contributed by atoms with E-state index in [0.29, 0.717) is 16.7 Å². The van der Waals surface area contributed by atoms with Gasteiger partial charge >= 0.3 is 0 Å². The highest BCUT2D eigenvalue weighted by atomic mass is 35.5. The minimum absolute atomic E-state index is 0.236. The molecule has 0 nitrogen and oxygen atoms in total. The Morgan fingerprint density at radius 1 is 0.600 bits per heavy atom. The van der Waals surface area contributed by atoms with Crippen LogP contribution in [0.1, 0.15) is 22.3 Å². The fourth-order valence-electron chi connectivity index (χ4n) is 1.49. The van der Waals surface area contributed by atoms with E-state index in [1.165, 1.54) is 13.8 Å². The summed E-state index contributed by atoms with van der Waals surface area (Å²) in [5, 5.41) is 0.236. The van der Waals surface area contributed by atoms with Crippen LogP contribution < -0.4 is 0 Å². The predicted molar refractivity (Wildman–Crippen MR) is 76.7 cm³/mol. The third kappa shape index (κ3) is 3.76. The Morgan fingerprint density at radius 2 is 0.900 bits per heavy atom. The van der Waals surface area contributed by atoms with Gasteiger partial charge in [-0.15, -0.1) is 0 Å². The quantitative estimate of drug-likeness (QED) is 0.587. The zero-order valence-electron chi connectivity index (χ0n) is 11.8. The Bertz CT molecular complexity index is 512. The summed E-state index contributed by atoms with van der Waals surface area (Å²) in [6.07, 6.45) is 0. The summed E-state index contributed by atoms with van der Waals surface area (Å²) < 4.78 is 38.1. The average Bonchev–Trinajstić information content (AvgIpc) is 2.43. The smallest absolute Gasteiger partial charge is 0.161 e. The normalized spacial score (nSPS) is 10.0. The molecule has 2 aromatic carbocycles. The van der Waals surface area contributed by atoms with Crippen LogP contribution in [-0.4, -0.2) is 0 Å². The molecule has 2 aromatic rings. The third-order valence-electron chi connectivity index (χ3n) is 2.94. The molecular formula is C16H16ClF3. The molecular weight excluding hydrogens is 285 g/mol. The van der Waals surface area contributed by atoms with Crippen LogP contribution in [0.15, 0.2) is 24.3 Å². The highest BCUT2D eigenvalue weighted by molar-refractivity contribution is 6.31. The molecule has 20 heavy (non-hydrogen) atoms. The number of hydrogen-bond acceptors (Lipinski definition) is 0. The lowest BCUT2D eigenvalue weighted by Gasteiger charge is -2.00. The Labute approximate surface area is 122 Å². The van der Waals surface area contributed by atoms with Gasteiger partial charge in [0.05, 0.1) is 5.02 Å². The summed E-state index contributed by atoms with van der Waals surface area (Å²) in [5.41, 5.74) is 2.08. The molecule has 0 saturated carbocycles. The summed E-state index contributed by atoms with van der Waals surface area (Å²) in [5.74, 6) is -1.78.